The van der Waals surface area contributed by atoms with Gasteiger partial charge in [0.15, 0.2) is 0 Å². The fourth-order valence-corrected chi connectivity index (χ4v) is 4.72. The van der Waals surface area contributed by atoms with Crippen LogP contribution >= 0.6 is 11.8 Å². The van der Waals surface area contributed by atoms with E-state index in [2.05, 4.69) is 12.2 Å². The number of rotatable bonds is 5. The van der Waals surface area contributed by atoms with E-state index in [0.29, 0.717) is 23.7 Å². The molecule has 3 aliphatic rings. The first-order valence-electron chi connectivity index (χ1n) is 9.14. The Bertz CT molecular complexity index is 584. The third-order valence-corrected chi connectivity index (χ3v) is 6.40. The zero-order valence-electron chi connectivity index (χ0n) is 14.8. The van der Waals surface area contributed by atoms with Crippen molar-refractivity contribution >= 4 is 29.5 Å². The van der Waals surface area contributed by atoms with Crippen molar-refractivity contribution in [1.82, 2.24) is 10.2 Å². The number of ether oxygens (including phenoxy) is 1. The van der Waals surface area contributed by atoms with Gasteiger partial charge in [-0.2, -0.15) is 0 Å². The number of thioether (sulfide) groups is 1. The standard InChI is InChI=1S/C18H26N2O4S/c1-3-4-14(21)19-15-16(22)20-9-12(10-25-17(15)20)18(23)24-13-7-5-11(2)6-8-13/h9,11,13,15,17H,3-8,10H2,1-2H3,(H,19,21)/t11?,13?,15?,17-/m1/s1. The number of esters is 1. The molecule has 6 nitrogen and oxygen atoms in total. The number of carbonyl (C=O) groups is 3. The Kier molecular flexibility index (Phi) is 5.71. The highest BCUT2D eigenvalue weighted by atomic mass is 32.2. The van der Waals surface area contributed by atoms with E-state index >= 15 is 0 Å². The SMILES string of the molecule is CCCC(=O)NC1C(=O)N2C=C(C(=O)OC3CCC(C)CC3)CS[C@H]12. The van der Waals surface area contributed by atoms with Crippen LogP contribution in [0.5, 0.6) is 0 Å². The number of carbonyl (C=O) groups excluding carboxylic acids is 3. The summed E-state index contributed by atoms with van der Waals surface area (Å²) in [6, 6.07) is -0.474. The normalized spacial score (nSPS) is 31.5. The van der Waals surface area contributed by atoms with Crippen LogP contribution in [-0.4, -0.2) is 46.0 Å². The number of fused-ring (bicyclic) bond motifs is 1. The third-order valence-electron chi connectivity index (χ3n) is 5.08. The summed E-state index contributed by atoms with van der Waals surface area (Å²) in [5.74, 6) is 0.659. The van der Waals surface area contributed by atoms with E-state index in [9.17, 15) is 14.4 Å². The summed E-state index contributed by atoms with van der Waals surface area (Å²) in [4.78, 5) is 37.8. The van der Waals surface area contributed by atoms with E-state index in [-0.39, 0.29) is 29.3 Å². The van der Waals surface area contributed by atoms with Crippen LogP contribution in [0, 0.1) is 5.92 Å². The van der Waals surface area contributed by atoms with Crippen LogP contribution in [0.15, 0.2) is 11.8 Å². The number of amides is 2. The number of hydrogen-bond acceptors (Lipinski definition) is 5. The van der Waals surface area contributed by atoms with Gasteiger partial charge in [-0.15, -0.1) is 11.8 Å². The average molecular weight is 366 g/mol. The van der Waals surface area contributed by atoms with Crippen molar-refractivity contribution in [3.05, 3.63) is 11.8 Å². The van der Waals surface area contributed by atoms with Crippen LogP contribution in [0.1, 0.15) is 52.4 Å². The minimum absolute atomic E-state index is 0.000459. The van der Waals surface area contributed by atoms with Gasteiger partial charge >= 0.3 is 5.97 Å². The molecule has 2 aliphatic heterocycles. The Morgan fingerprint density at radius 1 is 1.32 bits per heavy atom. The van der Waals surface area contributed by atoms with Gasteiger partial charge in [0.05, 0.1) is 5.57 Å². The summed E-state index contributed by atoms with van der Waals surface area (Å²) in [6.45, 7) is 4.15. The second-order valence-electron chi connectivity index (χ2n) is 7.18. The van der Waals surface area contributed by atoms with Gasteiger partial charge in [-0.25, -0.2) is 4.79 Å². The largest absolute Gasteiger partial charge is 0.459 e. The molecule has 0 spiro atoms. The monoisotopic (exact) mass is 366 g/mol. The van der Waals surface area contributed by atoms with Crippen molar-refractivity contribution in [2.75, 3.05) is 5.75 Å². The molecule has 1 unspecified atom stereocenters. The first kappa shape index (κ1) is 18.3. The van der Waals surface area contributed by atoms with Crippen LogP contribution in [0.4, 0.5) is 0 Å². The van der Waals surface area contributed by atoms with Gasteiger partial charge in [-0.05, 0) is 38.0 Å². The van der Waals surface area contributed by atoms with Crippen molar-refractivity contribution in [1.29, 1.82) is 0 Å². The van der Waals surface area contributed by atoms with Crippen molar-refractivity contribution < 1.29 is 19.1 Å². The number of nitrogens with one attached hydrogen (secondary N) is 1. The Balaban J connectivity index is 1.54. The molecule has 1 N–H and O–H groups in total. The molecular weight excluding hydrogens is 340 g/mol. The smallest absolute Gasteiger partial charge is 0.336 e. The molecule has 0 aromatic heterocycles. The van der Waals surface area contributed by atoms with E-state index in [1.165, 1.54) is 11.8 Å². The minimum Gasteiger partial charge on any atom is -0.459 e. The lowest BCUT2D eigenvalue weighted by Crippen LogP contribution is -2.68. The Morgan fingerprint density at radius 2 is 2.04 bits per heavy atom. The van der Waals surface area contributed by atoms with Crippen LogP contribution in [0.25, 0.3) is 0 Å². The van der Waals surface area contributed by atoms with Crippen LogP contribution in [-0.2, 0) is 19.1 Å². The molecule has 0 radical (unpaired) electrons. The first-order chi connectivity index (χ1) is 12.0. The Morgan fingerprint density at radius 3 is 2.72 bits per heavy atom. The molecule has 0 bridgehead atoms. The van der Waals surface area contributed by atoms with Crippen molar-refractivity contribution in [2.45, 2.75) is 69.9 Å². The summed E-state index contributed by atoms with van der Waals surface area (Å²) >= 11 is 1.50. The highest BCUT2D eigenvalue weighted by Gasteiger charge is 2.50. The zero-order valence-corrected chi connectivity index (χ0v) is 15.6. The second kappa shape index (κ2) is 7.81. The molecule has 138 valence electrons. The Hall–Kier alpha value is -1.50. The summed E-state index contributed by atoms with van der Waals surface area (Å²) in [5.41, 5.74) is 0.534. The topological polar surface area (TPSA) is 75.7 Å². The lowest BCUT2D eigenvalue weighted by molar-refractivity contribution is -0.147. The van der Waals surface area contributed by atoms with Gasteiger partial charge in [0.1, 0.15) is 17.5 Å². The molecule has 1 aliphatic carbocycles. The molecule has 3 rings (SSSR count). The van der Waals surface area contributed by atoms with Gasteiger partial charge in [0, 0.05) is 18.4 Å². The number of hydrogen-bond donors (Lipinski definition) is 1. The van der Waals surface area contributed by atoms with Crippen LogP contribution in [0.2, 0.25) is 0 Å². The van der Waals surface area contributed by atoms with E-state index in [1.54, 1.807) is 11.1 Å². The average Bonchev–Trinajstić information content (AvgIpc) is 2.61. The van der Waals surface area contributed by atoms with Crippen molar-refractivity contribution in [3.8, 4) is 0 Å². The zero-order chi connectivity index (χ0) is 18.0. The van der Waals surface area contributed by atoms with Crippen molar-refractivity contribution in [3.63, 3.8) is 0 Å². The molecule has 0 aromatic rings. The molecule has 25 heavy (non-hydrogen) atoms. The minimum atomic E-state index is -0.474. The number of β-lactam (4-membered cyclic amide) rings is 1. The summed E-state index contributed by atoms with van der Waals surface area (Å²) in [5, 5.41) is 2.67. The lowest BCUT2D eigenvalue weighted by Gasteiger charge is -2.47. The van der Waals surface area contributed by atoms with Gasteiger partial charge < -0.3 is 15.0 Å². The molecule has 1 saturated heterocycles. The third kappa shape index (κ3) is 4.02. The maximum Gasteiger partial charge on any atom is 0.336 e. The van der Waals surface area contributed by atoms with Gasteiger partial charge in [0.2, 0.25) is 5.91 Å². The fraction of sp³-hybridized carbons (Fsp3) is 0.722. The molecule has 2 amide bonds. The van der Waals surface area contributed by atoms with E-state index < -0.39 is 6.04 Å². The highest BCUT2D eigenvalue weighted by molar-refractivity contribution is 8.00. The summed E-state index contributed by atoms with van der Waals surface area (Å²) in [6.07, 6.45) is 6.82. The molecule has 2 heterocycles. The van der Waals surface area contributed by atoms with Gasteiger partial charge in [-0.1, -0.05) is 13.8 Å². The van der Waals surface area contributed by atoms with Crippen LogP contribution < -0.4 is 5.32 Å². The molecule has 1 saturated carbocycles. The molecule has 7 heteroatoms. The Labute approximate surface area is 152 Å². The van der Waals surface area contributed by atoms with Gasteiger partial charge in [-0.3, -0.25) is 9.59 Å². The lowest BCUT2D eigenvalue weighted by atomic mass is 9.89. The quantitative estimate of drug-likeness (QED) is 0.596. The molecule has 0 aromatic carbocycles. The van der Waals surface area contributed by atoms with E-state index in [4.69, 9.17) is 4.74 Å². The van der Waals surface area contributed by atoms with E-state index in [1.807, 2.05) is 6.92 Å². The summed E-state index contributed by atoms with van der Waals surface area (Å²) in [7, 11) is 0. The maximum absolute atomic E-state index is 12.4. The number of nitrogens with zero attached hydrogens (tertiary/aromatic N) is 1. The summed E-state index contributed by atoms with van der Waals surface area (Å²) < 4.78 is 5.62. The molecule has 2 atom stereocenters. The van der Waals surface area contributed by atoms with Crippen molar-refractivity contribution in [2.24, 2.45) is 5.92 Å². The predicted molar refractivity (Wildman–Crippen MR) is 95.5 cm³/mol. The fourth-order valence-electron chi connectivity index (χ4n) is 3.47. The predicted octanol–water partition coefficient (Wildman–Crippen LogP) is 2.19. The first-order valence-corrected chi connectivity index (χ1v) is 10.2. The van der Waals surface area contributed by atoms with Crippen LogP contribution in [0.3, 0.4) is 0 Å². The molecule has 2 fully saturated rings. The highest BCUT2D eigenvalue weighted by Crippen LogP contribution is 2.37. The second-order valence-corrected chi connectivity index (χ2v) is 8.29. The van der Waals surface area contributed by atoms with Gasteiger partial charge in [0.25, 0.3) is 5.91 Å². The van der Waals surface area contributed by atoms with E-state index in [0.717, 1.165) is 32.1 Å². The molecular formula is C18H26N2O4S. The maximum atomic E-state index is 12.4.